The minimum Gasteiger partial charge on any atom is -0.349 e. The fourth-order valence-corrected chi connectivity index (χ4v) is 5.83. The molecule has 4 heterocycles. The van der Waals surface area contributed by atoms with Crippen LogP contribution in [0.15, 0.2) is 54.9 Å². The van der Waals surface area contributed by atoms with Crippen molar-refractivity contribution in [1.29, 1.82) is 0 Å². The minimum absolute atomic E-state index is 0.312. The number of benzene rings is 2. The third-order valence-corrected chi connectivity index (χ3v) is 8.06. The summed E-state index contributed by atoms with van der Waals surface area (Å²) < 4.78 is 30.1. The number of rotatable bonds is 6. The van der Waals surface area contributed by atoms with Gasteiger partial charge < -0.3 is 15.1 Å². The molecule has 2 aromatic heterocycles. The van der Waals surface area contributed by atoms with Gasteiger partial charge in [0.15, 0.2) is 5.65 Å². The van der Waals surface area contributed by atoms with Gasteiger partial charge in [0, 0.05) is 51.0 Å². The first-order valence-electron chi connectivity index (χ1n) is 13.4. The molecule has 208 valence electrons. The Morgan fingerprint density at radius 3 is 2.70 bits per heavy atom. The Balaban J connectivity index is 1.20. The molecule has 0 aliphatic carbocycles. The predicted molar refractivity (Wildman–Crippen MR) is 151 cm³/mol. The number of hydrogen-bond donors (Lipinski definition) is 1. The van der Waals surface area contributed by atoms with Gasteiger partial charge in [0.1, 0.15) is 23.1 Å². The smallest absolute Gasteiger partial charge is 0.257 e. The van der Waals surface area contributed by atoms with Gasteiger partial charge in [0.2, 0.25) is 0 Å². The highest BCUT2D eigenvalue weighted by Gasteiger charge is 2.30. The van der Waals surface area contributed by atoms with Crippen LogP contribution < -0.4 is 10.2 Å². The molecule has 0 radical (unpaired) electrons. The molecule has 2 aromatic carbocycles. The van der Waals surface area contributed by atoms with Gasteiger partial charge in [-0.05, 0) is 61.9 Å². The molecule has 6 rings (SSSR count). The number of likely N-dealkylation sites (N-methyl/N-ethyl adjacent to an activating group) is 1. The van der Waals surface area contributed by atoms with Crippen molar-refractivity contribution >= 4 is 34.7 Å². The van der Waals surface area contributed by atoms with Crippen molar-refractivity contribution in [3.8, 4) is 0 Å². The second kappa shape index (κ2) is 11.1. The van der Waals surface area contributed by atoms with Crippen molar-refractivity contribution in [2.75, 3.05) is 50.0 Å². The topological polar surface area (TPSA) is 69.0 Å². The largest absolute Gasteiger partial charge is 0.349 e. The van der Waals surface area contributed by atoms with Gasteiger partial charge in [-0.3, -0.25) is 9.69 Å². The van der Waals surface area contributed by atoms with Gasteiger partial charge >= 0.3 is 0 Å². The van der Waals surface area contributed by atoms with Crippen LogP contribution in [0.25, 0.3) is 5.65 Å². The SMILES string of the molecule is CN1CCN(Cc2ccc(C(=O)Nc3cnn4ccc(N5CCC[C@@H]5c5cc(F)ccc5F)nc34)c(Cl)c2)CC1. The van der Waals surface area contributed by atoms with E-state index in [9.17, 15) is 13.6 Å². The molecule has 0 saturated carbocycles. The molecular formula is C29H30ClF2N7O. The van der Waals surface area contributed by atoms with Crippen molar-refractivity contribution in [1.82, 2.24) is 24.4 Å². The second-order valence-corrected chi connectivity index (χ2v) is 10.9. The molecule has 2 aliphatic rings. The molecule has 1 atom stereocenters. The summed E-state index contributed by atoms with van der Waals surface area (Å²) in [5.41, 5.74) is 2.60. The maximum absolute atomic E-state index is 14.6. The third-order valence-electron chi connectivity index (χ3n) is 7.75. The zero-order valence-corrected chi connectivity index (χ0v) is 22.9. The first-order valence-corrected chi connectivity index (χ1v) is 13.8. The summed E-state index contributed by atoms with van der Waals surface area (Å²) in [6, 6.07) is 10.5. The van der Waals surface area contributed by atoms with E-state index in [-0.39, 0.29) is 11.9 Å². The first-order chi connectivity index (χ1) is 19.4. The van der Waals surface area contributed by atoms with Crippen LogP contribution in [0.2, 0.25) is 5.02 Å². The van der Waals surface area contributed by atoms with Crippen LogP contribution in [-0.2, 0) is 6.54 Å². The number of nitrogens with zero attached hydrogens (tertiary/aromatic N) is 6. The molecule has 1 N–H and O–H groups in total. The van der Waals surface area contributed by atoms with Crippen LogP contribution in [0.4, 0.5) is 20.3 Å². The Labute approximate surface area is 236 Å². The number of amides is 1. The molecule has 2 saturated heterocycles. The van der Waals surface area contributed by atoms with E-state index in [1.165, 1.54) is 12.3 Å². The lowest BCUT2D eigenvalue weighted by Gasteiger charge is -2.32. The van der Waals surface area contributed by atoms with E-state index in [2.05, 4.69) is 27.3 Å². The van der Waals surface area contributed by atoms with Gasteiger partial charge in [-0.25, -0.2) is 18.3 Å². The number of aromatic nitrogens is 3. The van der Waals surface area contributed by atoms with Crippen molar-refractivity contribution in [3.63, 3.8) is 0 Å². The lowest BCUT2D eigenvalue weighted by Crippen LogP contribution is -2.43. The van der Waals surface area contributed by atoms with E-state index in [0.717, 1.165) is 56.8 Å². The van der Waals surface area contributed by atoms with E-state index in [4.69, 9.17) is 16.6 Å². The molecule has 2 fully saturated rings. The number of fused-ring (bicyclic) bond motifs is 1. The first kappa shape index (κ1) is 26.6. The van der Waals surface area contributed by atoms with E-state index in [1.807, 2.05) is 17.0 Å². The Hall–Kier alpha value is -3.60. The number of anilines is 2. The van der Waals surface area contributed by atoms with Crippen LogP contribution in [0.5, 0.6) is 0 Å². The summed E-state index contributed by atoms with van der Waals surface area (Å²) in [6.45, 7) is 5.49. The summed E-state index contributed by atoms with van der Waals surface area (Å²) in [5.74, 6) is -0.679. The van der Waals surface area contributed by atoms with E-state index < -0.39 is 11.6 Å². The quantitative estimate of drug-likeness (QED) is 0.355. The highest BCUT2D eigenvalue weighted by Crippen LogP contribution is 2.37. The summed E-state index contributed by atoms with van der Waals surface area (Å²) >= 11 is 6.54. The van der Waals surface area contributed by atoms with Crippen molar-refractivity contribution in [2.24, 2.45) is 0 Å². The number of piperazine rings is 1. The maximum atomic E-state index is 14.6. The standard InChI is InChI=1S/C29H30ClF2N7O/c1-36-11-13-37(14-12-36)18-19-4-6-21(23(30)15-19)29(40)34-25-17-33-39-10-8-27(35-28(25)39)38-9-2-3-26(38)22-16-20(31)5-7-24(22)32/h4-8,10,15-17,26H,2-3,9,11-14,18H2,1H3,(H,34,40)/t26-/m1/s1. The lowest BCUT2D eigenvalue weighted by atomic mass is 10.0. The summed E-state index contributed by atoms with van der Waals surface area (Å²) in [4.78, 5) is 24.6. The van der Waals surface area contributed by atoms with Gasteiger partial charge in [-0.1, -0.05) is 17.7 Å². The lowest BCUT2D eigenvalue weighted by molar-refractivity contribution is 0.102. The Morgan fingerprint density at radius 1 is 1.07 bits per heavy atom. The number of carbonyl (C=O) groups is 1. The average Bonchev–Trinajstić information content (AvgIpc) is 3.58. The normalized spacial score (nSPS) is 18.5. The summed E-state index contributed by atoms with van der Waals surface area (Å²) in [5, 5.41) is 7.58. The molecule has 40 heavy (non-hydrogen) atoms. The average molecular weight is 566 g/mol. The molecule has 0 bridgehead atoms. The zero-order chi connectivity index (χ0) is 27.8. The van der Waals surface area contributed by atoms with Gasteiger partial charge in [-0.15, -0.1) is 0 Å². The number of hydrogen-bond acceptors (Lipinski definition) is 6. The minimum atomic E-state index is -0.474. The molecule has 2 aliphatic heterocycles. The van der Waals surface area contributed by atoms with Gasteiger partial charge in [0.25, 0.3) is 5.91 Å². The van der Waals surface area contributed by atoms with Crippen molar-refractivity contribution in [3.05, 3.63) is 88.2 Å². The van der Waals surface area contributed by atoms with Crippen molar-refractivity contribution in [2.45, 2.75) is 25.4 Å². The summed E-state index contributed by atoms with van der Waals surface area (Å²) in [6.07, 6.45) is 4.77. The van der Waals surface area contributed by atoms with Crippen molar-refractivity contribution < 1.29 is 13.6 Å². The van der Waals surface area contributed by atoms with E-state index >= 15 is 0 Å². The third kappa shape index (κ3) is 5.39. The highest BCUT2D eigenvalue weighted by molar-refractivity contribution is 6.34. The van der Waals surface area contributed by atoms with E-state index in [0.29, 0.717) is 46.3 Å². The molecule has 0 unspecified atom stereocenters. The maximum Gasteiger partial charge on any atom is 0.257 e. The predicted octanol–water partition coefficient (Wildman–Crippen LogP) is 5.00. The second-order valence-electron chi connectivity index (χ2n) is 10.5. The van der Waals surface area contributed by atoms with Crippen LogP contribution in [0.1, 0.15) is 40.4 Å². The van der Waals surface area contributed by atoms with Crippen LogP contribution in [0.3, 0.4) is 0 Å². The molecule has 8 nitrogen and oxygen atoms in total. The molecule has 11 heteroatoms. The van der Waals surface area contributed by atoms with Gasteiger partial charge in [-0.2, -0.15) is 5.10 Å². The van der Waals surface area contributed by atoms with Crippen LogP contribution >= 0.6 is 11.6 Å². The fourth-order valence-electron chi connectivity index (χ4n) is 5.54. The Morgan fingerprint density at radius 2 is 1.90 bits per heavy atom. The number of halogens is 3. The Kier molecular flexibility index (Phi) is 7.39. The number of nitrogens with one attached hydrogen (secondary N) is 1. The van der Waals surface area contributed by atoms with Gasteiger partial charge in [0.05, 0.1) is 22.8 Å². The van der Waals surface area contributed by atoms with Crippen LogP contribution in [0, 0.1) is 11.6 Å². The molecule has 1 amide bonds. The fraction of sp³-hybridized carbons (Fsp3) is 0.345. The monoisotopic (exact) mass is 565 g/mol. The summed E-state index contributed by atoms with van der Waals surface area (Å²) in [7, 11) is 2.12. The zero-order valence-electron chi connectivity index (χ0n) is 22.2. The molecule has 4 aromatic rings. The highest BCUT2D eigenvalue weighted by atomic mass is 35.5. The van der Waals surface area contributed by atoms with Crippen LogP contribution in [-0.4, -0.2) is 70.1 Å². The Bertz CT molecular complexity index is 1550. The van der Waals surface area contributed by atoms with E-state index in [1.54, 1.807) is 22.8 Å². The molecule has 0 spiro atoms. The molecular weight excluding hydrogens is 536 g/mol. The number of carbonyl (C=O) groups excluding carboxylic acids is 1.